The second-order valence-electron chi connectivity index (χ2n) is 5.97. The van der Waals surface area contributed by atoms with Crippen molar-refractivity contribution in [2.75, 3.05) is 32.1 Å². The minimum atomic E-state index is -0.522. The van der Waals surface area contributed by atoms with Gasteiger partial charge < -0.3 is 14.9 Å². The first kappa shape index (κ1) is 14.8. The zero-order chi connectivity index (χ0) is 14.9. The smallest absolute Gasteiger partial charge is 0.0992 e. The van der Waals surface area contributed by atoms with Crippen molar-refractivity contribution in [3.8, 4) is 6.07 Å². The maximum atomic E-state index is 9.95. The molecule has 1 aliphatic rings. The van der Waals surface area contributed by atoms with Gasteiger partial charge in [-0.2, -0.15) is 5.26 Å². The van der Waals surface area contributed by atoms with E-state index in [-0.39, 0.29) is 0 Å². The lowest BCUT2D eigenvalue weighted by Crippen LogP contribution is -2.34. The Morgan fingerprint density at radius 1 is 1.40 bits per heavy atom. The Balaban J connectivity index is 2.35. The van der Waals surface area contributed by atoms with E-state index >= 15 is 0 Å². The molecule has 0 bridgehead atoms. The highest BCUT2D eigenvalue weighted by Gasteiger charge is 2.32. The van der Waals surface area contributed by atoms with Crippen molar-refractivity contribution >= 4 is 5.69 Å². The van der Waals surface area contributed by atoms with Crippen molar-refractivity contribution < 1.29 is 5.11 Å². The number of aliphatic hydroxyl groups is 1. The molecule has 1 heterocycles. The fraction of sp³-hybridized carbons (Fsp3) is 0.562. The summed E-state index contributed by atoms with van der Waals surface area (Å²) >= 11 is 0. The van der Waals surface area contributed by atoms with Crippen molar-refractivity contribution in [3.05, 3.63) is 29.3 Å². The van der Waals surface area contributed by atoms with Gasteiger partial charge in [-0.05, 0) is 39.1 Å². The van der Waals surface area contributed by atoms with Gasteiger partial charge in [-0.1, -0.05) is 13.0 Å². The van der Waals surface area contributed by atoms with Crippen LogP contribution in [0.5, 0.6) is 0 Å². The summed E-state index contributed by atoms with van der Waals surface area (Å²) in [7, 11) is 4.21. The highest BCUT2D eigenvalue weighted by molar-refractivity contribution is 5.59. The molecule has 4 heteroatoms. The Kier molecular flexibility index (Phi) is 4.32. The number of hydrogen-bond donors (Lipinski definition) is 1. The second kappa shape index (κ2) is 5.82. The van der Waals surface area contributed by atoms with Crippen LogP contribution in [0.2, 0.25) is 0 Å². The van der Waals surface area contributed by atoms with Gasteiger partial charge in [0.05, 0.1) is 17.7 Å². The first-order valence-corrected chi connectivity index (χ1v) is 7.07. The molecule has 4 nitrogen and oxygen atoms in total. The molecule has 3 unspecified atom stereocenters. The predicted octanol–water partition coefficient (Wildman–Crippen LogP) is 2.00. The lowest BCUT2D eigenvalue weighted by Gasteiger charge is -2.25. The van der Waals surface area contributed by atoms with Gasteiger partial charge in [0, 0.05) is 30.4 Å². The number of aliphatic hydroxyl groups excluding tert-OH is 1. The van der Waals surface area contributed by atoms with Gasteiger partial charge in [-0.25, -0.2) is 0 Å². The molecule has 3 atom stereocenters. The Labute approximate surface area is 121 Å². The highest BCUT2D eigenvalue weighted by atomic mass is 16.3. The lowest BCUT2D eigenvalue weighted by atomic mass is 10.0. The number of likely N-dealkylation sites (N-methyl/N-ethyl adjacent to an activating group) is 1. The molecule has 1 saturated heterocycles. The van der Waals surface area contributed by atoms with E-state index in [1.807, 2.05) is 12.1 Å². The molecule has 108 valence electrons. The summed E-state index contributed by atoms with van der Waals surface area (Å²) < 4.78 is 0. The van der Waals surface area contributed by atoms with Gasteiger partial charge >= 0.3 is 0 Å². The van der Waals surface area contributed by atoms with Crippen LogP contribution in [0.3, 0.4) is 0 Å². The molecule has 1 aromatic rings. The molecule has 1 N–H and O–H groups in total. The monoisotopic (exact) mass is 273 g/mol. The third kappa shape index (κ3) is 2.79. The Morgan fingerprint density at radius 2 is 2.10 bits per heavy atom. The van der Waals surface area contributed by atoms with Gasteiger partial charge in [-0.15, -0.1) is 0 Å². The number of rotatable bonds is 3. The van der Waals surface area contributed by atoms with E-state index in [4.69, 9.17) is 5.26 Å². The van der Waals surface area contributed by atoms with Crippen molar-refractivity contribution in [1.29, 1.82) is 5.26 Å². The summed E-state index contributed by atoms with van der Waals surface area (Å²) in [5, 5.41) is 19.0. The fourth-order valence-corrected chi connectivity index (χ4v) is 3.06. The molecule has 0 amide bonds. The maximum Gasteiger partial charge on any atom is 0.0992 e. The molecular formula is C16H23N3O. The lowest BCUT2D eigenvalue weighted by molar-refractivity contribution is 0.199. The van der Waals surface area contributed by atoms with Crippen molar-refractivity contribution in [3.63, 3.8) is 0 Å². The van der Waals surface area contributed by atoms with E-state index in [1.165, 1.54) is 0 Å². The Bertz CT molecular complexity index is 519. The van der Waals surface area contributed by atoms with Gasteiger partial charge in [0.15, 0.2) is 0 Å². The summed E-state index contributed by atoms with van der Waals surface area (Å²) in [6, 6.07) is 8.22. The average molecular weight is 273 g/mol. The van der Waals surface area contributed by atoms with E-state index in [0.717, 1.165) is 24.3 Å². The van der Waals surface area contributed by atoms with E-state index in [2.05, 4.69) is 36.9 Å². The van der Waals surface area contributed by atoms with E-state index in [9.17, 15) is 5.11 Å². The van der Waals surface area contributed by atoms with Gasteiger partial charge in [0.25, 0.3) is 0 Å². The number of nitrogens with zero attached hydrogens (tertiary/aromatic N) is 3. The van der Waals surface area contributed by atoms with E-state index in [0.29, 0.717) is 17.5 Å². The third-order valence-corrected chi connectivity index (χ3v) is 4.19. The largest absolute Gasteiger partial charge is 0.389 e. The minimum absolute atomic E-state index is 0.502. The molecule has 0 radical (unpaired) electrons. The van der Waals surface area contributed by atoms with E-state index in [1.54, 1.807) is 13.0 Å². The minimum Gasteiger partial charge on any atom is -0.389 e. The van der Waals surface area contributed by atoms with Gasteiger partial charge in [-0.3, -0.25) is 0 Å². The standard InChI is InChI=1S/C16H23N3O/c1-11-9-19(10-16(11)18(3)4)15-7-13(8-17)5-6-14(15)12(2)20/h5-7,11-12,16,20H,9-10H2,1-4H3. The van der Waals surface area contributed by atoms with Crippen LogP contribution in [0.4, 0.5) is 5.69 Å². The van der Waals surface area contributed by atoms with Crippen LogP contribution in [-0.2, 0) is 0 Å². The quantitative estimate of drug-likeness (QED) is 0.915. The molecule has 0 aromatic heterocycles. The van der Waals surface area contributed by atoms with Crippen LogP contribution in [0.15, 0.2) is 18.2 Å². The first-order chi connectivity index (χ1) is 9.43. The Hall–Kier alpha value is -1.57. The van der Waals surface area contributed by atoms with Gasteiger partial charge in [0.2, 0.25) is 0 Å². The topological polar surface area (TPSA) is 50.5 Å². The maximum absolute atomic E-state index is 9.95. The van der Waals surface area contributed by atoms with Crippen molar-refractivity contribution in [2.24, 2.45) is 5.92 Å². The average Bonchev–Trinajstić information content (AvgIpc) is 2.80. The summed E-state index contributed by atoms with van der Waals surface area (Å²) in [4.78, 5) is 4.54. The molecule has 0 aliphatic carbocycles. The summed E-state index contributed by atoms with van der Waals surface area (Å²) in [5.74, 6) is 0.567. The third-order valence-electron chi connectivity index (χ3n) is 4.19. The molecule has 2 rings (SSSR count). The highest BCUT2D eigenvalue weighted by Crippen LogP contribution is 2.32. The summed E-state index contributed by atoms with van der Waals surface area (Å²) in [5.41, 5.74) is 2.54. The molecular weight excluding hydrogens is 250 g/mol. The van der Waals surface area contributed by atoms with Crippen LogP contribution in [0, 0.1) is 17.2 Å². The van der Waals surface area contributed by atoms with E-state index < -0.39 is 6.10 Å². The number of anilines is 1. The second-order valence-corrected chi connectivity index (χ2v) is 5.97. The molecule has 1 aliphatic heterocycles. The summed E-state index contributed by atoms with van der Waals surface area (Å²) in [6.45, 7) is 5.91. The zero-order valence-corrected chi connectivity index (χ0v) is 12.7. The molecule has 1 aromatic carbocycles. The number of hydrogen-bond acceptors (Lipinski definition) is 4. The van der Waals surface area contributed by atoms with Crippen molar-refractivity contribution in [1.82, 2.24) is 4.90 Å². The SMILES string of the molecule is CC(O)c1ccc(C#N)cc1N1CC(C)C(N(C)C)C1. The first-order valence-electron chi connectivity index (χ1n) is 7.07. The molecule has 20 heavy (non-hydrogen) atoms. The van der Waals surface area contributed by atoms with Crippen LogP contribution in [0.25, 0.3) is 0 Å². The van der Waals surface area contributed by atoms with Gasteiger partial charge in [0.1, 0.15) is 0 Å². The summed E-state index contributed by atoms with van der Waals surface area (Å²) in [6.07, 6.45) is -0.522. The van der Waals surface area contributed by atoms with Crippen LogP contribution >= 0.6 is 0 Å². The van der Waals surface area contributed by atoms with Crippen molar-refractivity contribution in [2.45, 2.75) is 26.0 Å². The van der Waals surface area contributed by atoms with Crippen LogP contribution in [-0.4, -0.2) is 43.2 Å². The molecule has 0 saturated carbocycles. The fourth-order valence-electron chi connectivity index (χ4n) is 3.06. The predicted molar refractivity (Wildman–Crippen MR) is 80.6 cm³/mol. The Morgan fingerprint density at radius 3 is 2.60 bits per heavy atom. The normalized spacial score (nSPS) is 23.9. The molecule has 0 spiro atoms. The number of benzene rings is 1. The number of nitriles is 1. The molecule has 1 fully saturated rings. The zero-order valence-electron chi connectivity index (χ0n) is 12.7. The van der Waals surface area contributed by atoms with Crippen LogP contribution in [0.1, 0.15) is 31.1 Å². The van der Waals surface area contributed by atoms with Crippen LogP contribution < -0.4 is 4.90 Å².